The summed E-state index contributed by atoms with van der Waals surface area (Å²) in [5, 5.41) is 5.69. The Labute approximate surface area is 159 Å². The van der Waals surface area contributed by atoms with Crippen molar-refractivity contribution in [3.63, 3.8) is 0 Å². The van der Waals surface area contributed by atoms with Crippen LogP contribution in [-0.2, 0) is 10.0 Å². The van der Waals surface area contributed by atoms with Crippen LogP contribution in [-0.4, -0.2) is 24.3 Å². The van der Waals surface area contributed by atoms with Gasteiger partial charge in [-0.1, -0.05) is 0 Å². The number of thiazole rings is 1. The van der Waals surface area contributed by atoms with E-state index < -0.39 is 10.0 Å². The van der Waals surface area contributed by atoms with Gasteiger partial charge in [-0.05, 0) is 48.5 Å². The second kappa shape index (κ2) is 6.86. The van der Waals surface area contributed by atoms with Crippen LogP contribution >= 0.6 is 11.3 Å². The van der Waals surface area contributed by atoms with Gasteiger partial charge >= 0.3 is 0 Å². The molecule has 3 N–H and O–H groups in total. The van der Waals surface area contributed by atoms with E-state index in [0.717, 1.165) is 10.9 Å². The molecule has 27 heavy (non-hydrogen) atoms. The monoisotopic (exact) mass is 398 g/mol. The van der Waals surface area contributed by atoms with E-state index in [-0.39, 0.29) is 10.8 Å². The highest BCUT2D eigenvalue weighted by atomic mass is 32.2. The number of amides is 1. The summed E-state index contributed by atoms with van der Waals surface area (Å²) in [6.45, 7) is 0. The summed E-state index contributed by atoms with van der Waals surface area (Å²) >= 11 is 1.19. The molecule has 2 aromatic carbocycles. The minimum absolute atomic E-state index is 0.0874. The number of nitrogens with zero attached hydrogens (tertiary/aromatic N) is 1. The number of anilines is 2. The number of carbonyl (C=O) groups is 1. The number of benzene rings is 2. The number of rotatable bonds is 5. The lowest BCUT2D eigenvalue weighted by Gasteiger charge is -2.08. The molecular formula is C18H14N4O3S2. The Morgan fingerprint density at radius 3 is 2.63 bits per heavy atom. The van der Waals surface area contributed by atoms with Gasteiger partial charge in [-0.3, -0.25) is 9.52 Å². The summed E-state index contributed by atoms with van der Waals surface area (Å²) in [7, 11) is -3.72. The third-order valence-corrected chi connectivity index (χ3v) is 6.06. The number of nitrogens with one attached hydrogen (secondary N) is 3. The minimum atomic E-state index is -3.72. The smallest absolute Gasteiger partial charge is 0.263 e. The number of hydrogen-bond acceptors (Lipinski definition) is 5. The second-order valence-electron chi connectivity index (χ2n) is 5.70. The van der Waals surface area contributed by atoms with Gasteiger partial charge < -0.3 is 10.3 Å². The van der Waals surface area contributed by atoms with Crippen LogP contribution in [0.3, 0.4) is 0 Å². The molecule has 0 saturated carbocycles. The topological polar surface area (TPSA) is 104 Å². The molecule has 0 fully saturated rings. The number of sulfonamides is 1. The minimum Gasteiger partial charge on any atom is -0.361 e. The first-order valence-electron chi connectivity index (χ1n) is 7.92. The van der Waals surface area contributed by atoms with E-state index >= 15 is 0 Å². The molecule has 0 aliphatic rings. The summed E-state index contributed by atoms with van der Waals surface area (Å²) < 4.78 is 27.0. The van der Waals surface area contributed by atoms with Crippen LogP contribution in [0.25, 0.3) is 10.9 Å². The maximum atomic E-state index is 12.4. The van der Waals surface area contributed by atoms with Crippen molar-refractivity contribution in [1.82, 2.24) is 9.97 Å². The lowest BCUT2D eigenvalue weighted by molar-refractivity contribution is 0.102. The van der Waals surface area contributed by atoms with Crippen molar-refractivity contribution in [2.24, 2.45) is 0 Å². The van der Waals surface area contributed by atoms with Crippen LogP contribution in [0.2, 0.25) is 0 Å². The fourth-order valence-electron chi connectivity index (χ4n) is 2.56. The van der Waals surface area contributed by atoms with Crippen LogP contribution < -0.4 is 10.0 Å². The van der Waals surface area contributed by atoms with Gasteiger partial charge in [-0.25, -0.2) is 13.4 Å². The van der Waals surface area contributed by atoms with Gasteiger partial charge in [0.1, 0.15) is 0 Å². The quantitative estimate of drug-likeness (QED) is 0.477. The predicted molar refractivity (Wildman–Crippen MR) is 106 cm³/mol. The average Bonchev–Trinajstić information content (AvgIpc) is 3.32. The molecule has 2 heterocycles. The standard InChI is InChI=1S/C18H14N4O3S2/c23-17(13-1-6-16-12(11-13)7-8-19-16)21-14-2-4-15(5-3-14)27(24,25)22-18-20-9-10-26-18/h1-11,19H,(H,20,22)(H,21,23). The molecule has 0 bridgehead atoms. The number of H-pyrrole nitrogens is 1. The van der Waals surface area contributed by atoms with Crippen molar-refractivity contribution in [2.45, 2.75) is 4.90 Å². The van der Waals surface area contributed by atoms with Gasteiger partial charge in [0, 0.05) is 39.9 Å². The molecule has 136 valence electrons. The van der Waals surface area contributed by atoms with E-state index in [2.05, 4.69) is 20.0 Å². The van der Waals surface area contributed by atoms with Crippen LogP contribution in [0.4, 0.5) is 10.8 Å². The number of aromatic nitrogens is 2. The molecule has 0 saturated heterocycles. The number of hydrogen-bond donors (Lipinski definition) is 3. The molecule has 0 atom stereocenters. The van der Waals surface area contributed by atoms with E-state index in [1.165, 1.54) is 29.7 Å². The Balaban J connectivity index is 1.49. The Morgan fingerprint density at radius 1 is 1.07 bits per heavy atom. The van der Waals surface area contributed by atoms with Crippen LogP contribution in [0.15, 0.2) is 71.2 Å². The molecule has 2 aromatic heterocycles. The fraction of sp³-hybridized carbons (Fsp3) is 0. The second-order valence-corrected chi connectivity index (χ2v) is 8.28. The van der Waals surface area contributed by atoms with Crippen molar-refractivity contribution in [3.8, 4) is 0 Å². The van der Waals surface area contributed by atoms with E-state index in [1.54, 1.807) is 29.6 Å². The molecular weight excluding hydrogens is 384 g/mol. The van der Waals surface area contributed by atoms with E-state index in [1.807, 2.05) is 18.3 Å². The van der Waals surface area contributed by atoms with E-state index in [0.29, 0.717) is 16.4 Å². The van der Waals surface area contributed by atoms with Crippen LogP contribution in [0, 0.1) is 0 Å². The summed E-state index contributed by atoms with van der Waals surface area (Å²) in [4.78, 5) is 19.5. The van der Waals surface area contributed by atoms with Crippen LogP contribution in [0.1, 0.15) is 10.4 Å². The zero-order valence-electron chi connectivity index (χ0n) is 13.8. The Kier molecular flexibility index (Phi) is 4.38. The largest absolute Gasteiger partial charge is 0.361 e. The molecule has 9 heteroatoms. The van der Waals surface area contributed by atoms with Gasteiger partial charge in [0.15, 0.2) is 5.13 Å². The first-order valence-corrected chi connectivity index (χ1v) is 10.3. The van der Waals surface area contributed by atoms with Crippen molar-refractivity contribution < 1.29 is 13.2 Å². The van der Waals surface area contributed by atoms with Gasteiger partial charge in [0.25, 0.3) is 15.9 Å². The highest BCUT2D eigenvalue weighted by Crippen LogP contribution is 2.20. The molecule has 0 aliphatic heterocycles. The lowest BCUT2D eigenvalue weighted by atomic mass is 10.1. The summed E-state index contributed by atoms with van der Waals surface area (Å²) in [5.41, 5.74) is 1.97. The van der Waals surface area contributed by atoms with Crippen molar-refractivity contribution in [2.75, 3.05) is 10.0 Å². The summed E-state index contributed by atoms with van der Waals surface area (Å²) in [6.07, 6.45) is 3.33. The van der Waals surface area contributed by atoms with Crippen molar-refractivity contribution >= 4 is 49.0 Å². The molecule has 0 spiro atoms. The molecule has 4 aromatic rings. The predicted octanol–water partition coefficient (Wildman–Crippen LogP) is 3.68. The Morgan fingerprint density at radius 2 is 1.89 bits per heavy atom. The molecule has 0 radical (unpaired) electrons. The first-order chi connectivity index (χ1) is 13.0. The average molecular weight is 398 g/mol. The molecule has 4 rings (SSSR count). The number of fused-ring (bicyclic) bond motifs is 1. The Hall–Kier alpha value is -3.17. The van der Waals surface area contributed by atoms with Crippen LogP contribution in [0.5, 0.6) is 0 Å². The SMILES string of the molecule is O=C(Nc1ccc(S(=O)(=O)Nc2nccs2)cc1)c1ccc2[nH]ccc2c1. The van der Waals surface area contributed by atoms with Gasteiger partial charge in [-0.15, -0.1) is 11.3 Å². The van der Waals surface area contributed by atoms with Crippen molar-refractivity contribution in [1.29, 1.82) is 0 Å². The molecule has 1 amide bonds. The third kappa shape index (κ3) is 3.69. The maximum absolute atomic E-state index is 12.4. The van der Waals surface area contributed by atoms with E-state index in [4.69, 9.17) is 0 Å². The maximum Gasteiger partial charge on any atom is 0.263 e. The number of carbonyl (C=O) groups excluding carboxylic acids is 1. The summed E-state index contributed by atoms with van der Waals surface area (Å²) in [6, 6.07) is 13.2. The normalized spacial score (nSPS) is 11.4. The van der Waals surface area contributed by atoms with E-state index in [9.17, 15) is 13.2 Å². The zero-order valence-corrected chi connectivity index (χ0v) is 15.5. The Bertz CT molecular complexity index is 1200. The van der Waals surface area contributed by atoms with Gasteiger partial charge in [0.05, 0.1) is 4.90 Å². The highest BCUT2D eigenvalue weighted by Gasteiger charge is 2.15. The fourth-order valence-corrected chi connectivity index (χ4v) is 4.35. The zero-order chi connectivity index (χ0) is 18.9. The number of aromatic amines is 1. The highest BCUT2D eigenvalue weighted by molar-refractivity contribution is 7.93. The first kappa shape index (κ1) is 17.3. The van der Waals surface area contributed by atoms with Gasteiger partial charge in [-0.2, -0.15) is 0 Å². The van der Waals surface area contributed by atoms with Crippen molar-refractivity contribution in [3.05, 3.63) is 71.9 Å². The third-order valence-electron chi connectivity index (χ3n) is 3.89. The van der Waals surface area contributed by atoms with Gasteiger partial charge in [0.2, 0.25) is 0 Å². The molecule has 0 unspecified atom stereocenters. The molecule has 0 aliphatic carbocycles. The molecule has 7 nitrogen and oxygen atoms in total. The summed E-state index contributed by atoms with van der Waals surface area (Å²) in [5.74, 6) is -0.269. The lowest BCUT2D eigenvalue weighted by Crippen LogP contribution is -2.14.